The number of methoxy groups -OCH3 is 2. The van der Waals surface area contributed by atoms with Crippen molar-refractivity contribution in [2.75, 3.05) is 26.1 Å². The SMILES string of the molecule is COC(C/N=C/Nc1c2cccc(-c3ccc(Cl)cc3Cl)c2nn1C)OC. The minimum atomic E-state index is -0.370. The van der Waals surface area contributed by atoms with E-state index in [0.29, 0.717) is 16.6 Å². The van der Waals surface area contributed by atoms with Gasteiger partial charge in [0.15, 0.2) is 6.29 Å². The Bertz CT molecular complexity index is 968. The summed E-state index contributed by atoms with van der Waals surface area (Å²) in [4.78, 5) is 4.28. The molecule has 1 N–H and O–H groups in total. The molecule has 0 aliphatic rings. The van der Waals surface area contributed by atoms with Crippen molar-refractivity contribution in [1.82, 2.24) is 9.78 Å². The van der Waals surface area contributed by atoms with E-state index >= 15 is 0 Å². The summed E-state index contributed by atoms with van der Waals surface area (Å²) >= 11 is 12.4. The van der Waals surface area contributed by atoms with E-state index < -0.39 is 0 Å². The van der Waals surface area contributed by atoms with Gasteiger partial charge in [-0.3, -0.25) is 9.67 Å². The van der Waals surface area contributed by atoms with Gasteiger partial charge in [0.25, 0.3) is 0 Å². The average molecular weight is 407 g/mol. The first-order chi connectivity index (χ1) is 13.0. The van der Waals surface area contributed by atoms with E-state index in [1.54, 1.807) is 31.3 Å². The maximum absolute atomic E-state index is 6.39. The monoisotopic (exact) mass is 406 g/mol. The van der Waals surface area contributed by atoms with E-state index in [9.17, 15) is 0 Å². The Morgan fingerprint density at radius 3 is 2.67 bits per heavy atom. The molecule has 1 aromatic heterocycles. The molecule has 0 bridgehead atoms. The minimum Gasteiger partial charge on any atom is -0.354 e. The fraction of sp³-hybridized carbons (Fsp3) is 0.263. The number of nitrogens with one attached hydrogen (secondary N) is 1. The smallest absolute Gasteiger partial charge is 0.176 e. The molecule has 8 heteroatoms. The van der Waals surface area contributed by atoms with Gasteiger partial charge in [0.1, 0.15) is 11.3 Å². The van der Waals surface area contributed by atoms with Gasteiger partial charge >= 0.3 is 0 Å². The number of aliphatic imine (C=N–C) groups is 1. The number of aromatic nitrogens is 2. The standard InChI is InChI=1S/C19H20Cl2N4O2/c1-25-19(23-11-22-10-17(26-2)27-3)15-6-4-5-14(18(15)24-25)13-8-7-12(20)9-16(13)21/h4-9,11,17H,10H2,1-3H3,(H,22,23). The average Bonchev–Trinajstić information content (AvgIpc) is 2.97. The maximum atomic E-state index is 6.39. The molecule has 3 rings (SSSR count). The number of benzene rings is 2. The van der Waals surface area contributed by atoms with Crippen LogP contribution in [0.5, 0.6) is 0 Å². The van der Waals surface area contributed by atoms with Gasteiger partial charge < -0.3 is 14.8 Å². The van der Waals surface area contributed by atoms with Crippen molar-refractivity contribution >= 4 is 46.3 Å². The summed E-state index contributed by atoms with van der Waals surface area (Å²) in [5.41, 5.74) is 2.66. The third kappa shape index (κ3) is 4.25. The lowest BCUT2D eigenvalue weighted by Crippen LogP contribution is -2.17. The second-order valence-corrected chi connectivity index (χ2v) is 6.68. The summed E-state index contributed by atoms with van der Waals surface area (Å²) in [5, 5.41) is 9.98. The number of anilines is 1. The topological polar surface area (TPSA) is 60.7 Å². The van der Waals surface area contributed by atoms with Gasteiger partial charge in [0.05, 0.1) is 12.9 Å². The highest BCUT2D eigenvalue weighted by molar-refractivity contribution is 6.36. The van der Waals surface area contributed by atoms with Crippen molar-refractivity contribution in [2.45, 2.75) is 6.29 Å². The van der Waals surface area contributed by atoms with Crippen LogP contribution in [0.2, 0.25) is 10.0 Å². The Labute approximate surface area is 167 Å². The van der Waals surface area contributed by atoms with Crippen LogP contribution in [0.1, 0.15) is 0 Å². The molecule has 0 fully saturated rings. The van der Waals surface area contributed by atoms with Gasteiger partial charge in [-0.25, -0.2) is 0 Å². The second-order valence-electron chi connectivity index (χ2n) is 5.84. The number of halogens is 2. The van der Waals surface area contributed by atoms with Crippen LogP contribution >= 0.6 is 23.2 Å². The first-order valence-corrected chi connectivity index (χ1v) is 9.02. The van der Waals surface area contributed by atoms with Gasteiger partial charge in [0.2, 0.25) is 0 Å². The van der Waals surface area contributed by atoms with Crippen molar-refractivity contribution < 1.29 is 9.47 Å². The van der Waals surface area contributed by atoms with E-state index in [1.165, 1.54) is 0 Å². The van der Waals surface area contributed by atoms with Crippen molar-refractivity contribution in [3.63, 3.8) is 0 Å². The van der Waals surface area contributed by atoms with Crippen LogP contribution in [0.3, 0.4) is 0 Å². The highest BCUT2D eigenvalue weighted by Crippen LogP contribution is 2.36. The highest BCUT2D eigenvalue weighted by atomic mass is 35.5. The maximum Gasteiger partial charge on any atom is 0.176 e. The van der Waals surface area contributed by atoms with Crippen LogP contribution in [0.4, 0.5) is 5.82 Å². The molecule has 0 amide bonds. The van der Waals surface area contributed by atoms with Crippen LogP contribution in [0.25, 0.3) is 22.0 Å². The fourth-order valence-electron chi connectivity index (χ4n) is 2.80. The number of hydrogen-bond donors (Lipinski definition) is 1. The normalized spacial score (nSPS) is 11.8. The predicted octanol–water partition coefficient (Wildman–Crippen LogP) is 4.61. The molecule has 0 aliphatic heterocycles. The van der Waals surface area contributed by atoms with Crippen LogP contribution in [0, 0.1) is 0 Å². The molecule has 0 spiro atoms. The zero-order chi connectivity index (χ0) is 19.4. The Balaban J connectivity index is 1.93. The molecule has 2 aromatic carbocycles. The fourth-order valence-corrected chi connectivity index (χ4v) is 3.31. The van der Waals surface area contributed by atoms with E-state index in [4.69, 9.17) is 32.7 Å². The summed E-state index contributed by atoms with van der Waals surface area (Å²) in [7, 11) is 5.03. The summed E-state index contributed by atoms with van der Waals surface area (Å²) in [6.45, 7) is 0.390. The molecule has 6 nitrogen and oxygen atoms in total. The Morgan fingerprint density at radius 1 is 1.19 bits per heavy atom. The third-order valence-corrected chi connectivity index (χ3v) is 4.71. The van der Waals surface area contributed by atoms with Crippen molar-refractivity contribution in [3.05, 3.63) is 46.4 Å². The molecular formula is C19H20Cl2N4O2. The molecule has 0 radical (unpaired) electrons. The predicted molar refractivity (Wildman–Crippen MR) is 111 cm³/mol. The summed E-state index contributed by atoms with van der Waals surface area (Å²) in [6, 6.07) is 11.4. The zero-order valence-electron chi connectivity index (χ0n) is 15.2. The van der Waals surface area contributed by atoms with Crippen molar-refractivity contribution in [1.29, 1.82) is 0 Å². The van der Waals surface area contributed by atoms with Gasteiger partial charge in [0, 0.05) is 47.8 Å². The molecule has 142 valence electrons. The largest absolute Gasteiger partial charge is 0.354 e. The van der Waals surface area contributed by atoms with E-state index in [2.05, 4.69) is 15.4 Å². The molecule has 0 aliphatic carbocycles. The van der Waals surface area contributed by atoms with Crippen molar-refractivity contribution in [2.24, 2.45) is 12.0 Å². The highest BCUT2D eigenvalue weighted by Gasteiger charge is 2.14. The molecule has 27 heavy (non-hydrogen) atoms. The van der Waals surface area contributed by atoms with Crippen LogP contribution in [-0.4, -0.2) is 43.2 Å². The Kier molecular flexibility index (Phi) is 6.34. The molecule has 0 saturated carbocycles. The molecule has 3 aromatic rings. The molecule has 0 saturated heterocycles. The van der Waals surface area contributed by atoms with Crippen LogP contribution < -0.4 is 5.32 Å². The minimum absolute atomic E-state index is 0.370. The van der Waals surface area contributed by atoms with Gasteiger partial charge in [-0.05, 0) is 18.2 Å². The van der Waals surface area contributed by atoms with Gasteiger partial charge in [-0.1, -0.05) is 41.4 Å². The van der Waals surface area contributed by atoms with Gasteiger partial charge in [-0.2, -0.15) is 5.10 Å². The first kappa shape index (κ1) is 19.6. The van der Waals surface area contributed by atoms with E-state index in [-0.39, 0.29) is 6.29 Å². The molecule has 0 unspecified atom stereocenters. The number of hydrogen-bond acceptors (Lipinski definition) is 4. The summed E-state index contributed by atoms with van der Waals surface area (Å²) < 4.78 is 12.0. The lowest BCUT2D eigenvalue weighted by Gasteiger charge is -2.09. The Hall–Kier alpha value is -2.12. The van der Waals surface area contributed by atoms with Crippen LogP contribution in [-0.2, 0) is 16.5 Å². The van der Waals surface area contributed by atoms with Crippen LogP contribution in [0.15, 0.2) is 41.4 Å². The number of nitrogens with zero attached hydrogens (tertiary/aromatic N) is 3. The lowest BCUT2D eigenvalue weighted by molar-refractivity contribution is -0.0936. The zero-order valence-corrected chi connectivity index (χ0v) is 16.8. The van der Waals surface area contributed by atoms with E-state index in [1.807, 2.05) is 37.4 Å². The number of fused-ring (bicyclic) bond motifs is 1. The Morgan fingerprint density at radius 2 is 1.96 bits per heavy atom. The van der Waals surface area contributed by atoms with Crippen molar-refractivity contribution in [3.8, 4) is 11.1 Å². The molecule has 0 atom stereocenters. The molecular weight excluding hydrogens is 387 g/mol. The number of aryl methyl sites for hydroxylation is 1. The third-order valence-electron chi connectivity index (χ3n) is 4.16. The lowest BCUT2D eigenvalue weighted by atomic mass is 10.0. The second kappa shape index (κ2) is 8.71. The summed E-state index contributed by atoms with van der Waals surface area (Å²) in [6.07, 6.45) is 1.24. The number of rotatable bonds is 7. The van der Waals surface area contributed by atoms with Gasteiger partial charge in [-0.15, -0.1) is 0 Å². The molecule has 1 heterocycles. The number of ether oxygens (including phenoxy) is 2. The van der Waals surface area contributed by atoms with E-state index in [0.717, 1.165) is 27.8 Å². The quantitative estimate of drug-likeness (QED) is 0.353. The first-order valence-electron chi connectivity index (χ1n) is 8.26. The summed E-state index contributed by atoms with van der Waals surface area (Å²) in [5.74, 6) is 0.826.